The van der Waals surface area contributed by atoms with Crippen molar-refractivity contribution in [2.24, 2.45) is 5.73 Å². The summed E-state index contributed by atoms with van der Waals surface area (Å²) in [7, 11) is 0. The molecule has 78 valence electrons. The molecule has 0 heterocycles. The van der Waals surface area contributed by atoms with E-state index in [4.69, 9.17) is 10.5 Å². The van der Waals surface area contributed by atoms with Crippen molar-refractivity contribution in [3.05, 3.63) is 29.3 Å². The Morgan fingerprint density at radius 2 is 2.20 bits per heavy atom. The third-order valence-corrected chi connectivity index (χ3v) is 2.38. The van der Waals surface area contributed by atoms with E-state index in [1.807, 2.05) is 0 Å². The summed E-state index contributed by atoms with van der Waals surface area (Å²) in [4.78, 5) is 21.8. The number of fused-ring (bicyclic) bond motifs is 1. The summed E-state index contributed by atoms with van der Waals surface area (Å²) in [6.45, 7) is -0.132. The van der Waals surface area contributed by atoms with Crippen LogP contribution in [0.1, 0.15) is 22.3 Å². The number of ether oxygens (including phenoxy) is 1. The first-order chi connectivity index (χ1) is 7.16. The number of hydrogen-bond acceptors (Lipinski definition) is 3. The molecule has 2 N–H and O–H groups in total. The molecule has 15 heavy (non-hydrogen) atoms. The number of primary amides is 1. The van der Waals surface area contributed by atoms with E-state index in [2.05, 4.69) is 0 Å². The van der Waals surface area contributed by atoms with Gasteiger partial charge in [0.2, 0.25) is 0 Å². The Balaban J connectivity index is 2.16. The molecule has 0 atom stereocenters. The van der Waals surface area contributed by atoms with E-state index >= 15 is 0 Å². The van der Waals surface area contributed by atoms with Crippen LogP contribution in [-0.2, 0) is 11.2 Å². The minimum Gasteiger partial charge on any atom is -0.484 e. The van der Waals surface area contributed by atoms with Crippen molar-refractivity contribution < 1.29 is 14.3 Å². The number of hydrogen-bond donors (Lipinski definition) is 1. The third kappa shape index (κ3) is 1.98. The zero-order valence-electron chi connectivity index (χ0n) is 8.16. The van der Waals surface area contributed by atoms with Crippen LogP contribution < -0.4 is 10.5 Å². The van der Waals surface area contributed by atoms with Gasteiger partial charge in [-0.25, -0.2) is 0 Å². The second-order valence-electron chi connectivity index (χ2n) is 3.50. The highest BCUT2D eigenvalue weighted by atomic mass is 16.5. The summed E-state index contributed by atoms with van der Waals surface area (Å²) in [5, 5.41) is 0. The van der Waals surface area contributed by atoms with E-state index < -0.39 is 5.91 Å². The maximum Gasteiger partial charge on any atom is 0.255 e. The summed E-state index contributed by atoms with van der Waals surface area (Å²) in [6.07, 6.45) is 1.32. The van der Waals surface area contributed by atoms with Crippen LogP contribution in [0.5, 0.6) is 5.75 Å². The number of ketones is 1. The van der Waals surface area contributed by atoms with Crippen molar-refractivity contribution in [3.63, 3.8) is 0 Å². The minimum atomic E-state index is -0.508. The van der Waals surface area contributed by atoms with E-state index in [1.165, 1.54) is 0 Å². The van der Waals surface area contributed by atoms with Gasteiger partial charge in [-0.05, 0) is 30.2 Å². The smallest absolute Gasteiger partial charge is 0.255 e. The number of carbonyl (C=O) groups excluding carboxylic acids is 2. The Morgan fingerprint density at radius 3 is 2.93 bits per heavy atom. The second-order valence-corrected chi connectivity index (χ2v) is 3.50. The summed E-state index contributed by atoms with van der Waals surface area (Å²) in [6, 6.07) is 5.22. The fourth-order valence-electron chi connectivity index (χ4n) is 1.68. The molecule has 0 saturated carbocycles. The molecule has 0 spiro atoms. The summed E-state index contributed by atoms with van der Waals surface area (Å²) >= 11 is 0. The molecule has 4 heteroatoms. The van der Waals surface area contributed by atoms with Gasteiger partial charge < -0.3 is 10.5 Å². The lowest BCUT2D eigenvalue weighted by Crippen LogP contribution is -2.20. The normalized spacial score (nSPS) is 13.7. The van der Waals surface area contributed by atoms with Crippen LogP contribution in [0, 0.1) is 0 Å². The van der Waals surface area contributed by atoms with Crippen LogP contribution in [0.25, 0.3) is 0 Å². The van der Waals surface area contributed by atoms with Gasteiger partial charge in [-0.2, -0.15) is 0 Å². The highest BCUT2D eigenvalue weighted by molar-refractivity contribution is 6.00. The number of aryl methyl sites for hydroxylation is 1. The summed E-state index contributed by atoms with van der Waals surface area (Å²) in [5.74, 6) is 0.250. The Labute approximate surface area is 87.0 Å². The highest BCUT2D eigenvalue weighted by Gasteiger charge is 2.19. The standard InChI is InChI=1S/C11H11NO3/c12-11(14)6-15-8-2-3-9-7(5-8)1-4-10(9)13/h2-3,5H,1,4,6H2,(H2,12,14). The van der Waals surface area contributed by atoms with Crippen molar-refractivity contribution in [2.75, 3.05) is 6.61 Å². The Bertz CT molecular complexity index is 426. The Morgan fingerprint density at radius 1 is 1.40 bits per heavy atom. The molecule has 0 radical (unpaired) electrons. The van der Waals surface area contributed by atoms with Crippen LogP contribution in [0.3, 0.4) is 0 Å². The predicted octanol–water partition coefficient (Wildman–Crippen LogP) is 0.680. The van der Waals surface area contributed by atoms with E-state index in [0.717, 1.165) is 17.5 Å². The third-order valence-electron chi connectivity index (χ3n) is 2.38. The minimum absolute atomic E-state index is 0.132. The number of Topliss-reactive ketones (excluding diaryl/α,β-unsaturated/α-hetero) is 1. The molecule has 4 nitrogen and oxygen atoms in total. The van der Waals surface area contributed by atoms with E-state index in [1.54, 1.807) is 18.2 Å². The molecule has 2 rings (SSSR count). The SMILES string of the molecule is NC(=O)COc1ccc2c(c1)CCC2=O. The fourth-order valence-corrected chi connectivity index (χ4v) is 1.68. The lowest BCUT2D eigenvalue weighted by atomic mass is 10.1. The molecule has 0 bridgehead atoms. The molecule has 0 aromatic heterocycles. The number of carbonyl (C=O) groups is 2. The van der Waals surface area contributed by atoms with Crippen LogP contribution >= 0.6 is 0 Å². The Kier molecular flexibility index (Phi) is 2.41. The molecule has 1 aromatic carbocycles. The first kappa shape index (κ1) is 9.71. The largest absolute Gasteiger partial charge is 0.484 e. The maximum absolute atomic E-state index is 11.3. The van der Waals surface area contributed by atoms with Crippen molar-refractivity contribution >= 4 is 11.7 Å². The first-order valence-corrected chi connectivity index (χ1v) is 4.74. The van der Waals surface area contributed by atoms with E-state index in [0.29, 0.717) is 12.2 Å². The molecule has 1 aliphatic rings. The van der Waals surface area contributed by atoms with E-state index in [-0.39, 0.29) is 12.4 Å². The topological polar surface area (TPSA) is 69.4 Å². The number of rotatable bonds is 3. The lowest BCUT2D eigenvalue weighted by Gasteiger charge is -2.05. The van der Waals surface area contributed by atoms with Gasteiger partial charge in [0, 0.05) is 12.0 Å². The van der Waals surface area contributed by atoms with Crippen LogP contribution in [0.15, 0.2) is 18.2 Å². The molecule has 1 aliphatic carbocycles. The second kappa shape index (κ2) is 3.73. The lowest BCUT2D eigenvalue weighted by molar-refractivity contribution is -0.119. The van der Waals surface area contributed by atoms with Gasteiger partial charge in [0.15, 0.2) is 12.4 Å². The molecule has 0 fully saturated rings. The number of amides is 1. The quantitative estimate of drug-likeness (QED) is 0.788. The van der Waals surface area contributed by atoms with Crippen LogP contribution in [-0.4, -0.2) is 18.3 Å². The molecule has 0 saturated heterocycles. The van der Waals surface area contributed by atoms with Gasteiger partial charge in [-0.3, -0.25) is 9.59 Å². The molecule has 1 amide bonds. The van der Waals surface area contributed by atoms with E-state index in [9.17, 15) is 9.59 Å². The van der Waals surface area contributed by atoms with Gasteiger partial charge in [0.25, 0.3) is 5.91 Å². The maximum atomic E-state index is 11.3. The van der Waals surface area contributed by atoms with Gasteiger partial charge >= 0.3 is 0 Å². The van der Waals surface area contributed by atoms with Crippen LogP contribution in [0.2, 0.25) is 0 Å². The van der Waals surface area contributed by atoms with Gasteiger partial charge in [-0.15, -0.1) is 0 Å². The molecular formula is C11H11NO3. The molecule has 0 unspecified atom stereocenters. The summed E-state index contributed by atoms with van der Waals surface area (Å²) < 4.78 is 5.14. The van der Waals surface area contributed by atoms with Crippen molar-refractivity contribution in [1.29, 1.82) is 0 Å². The predicted molar refractivity (Wildman–Crippen MR) is 53.8 cm³/mol. The monoisotopic (exact) mass is 205 g/mol. The van der Waals surface area contributed by atoms with Gasteiger partial charge in [-0.1, -0.05) is 0 Å². The van der Waals surface area contributed by atoms with Gasteiger partial charge in [0.05, 0.1) is 0 Å². The Hall–Kier alpha value is -1.84. The van der Waals surface area contributed by atoms with Crippen LogP contribution in [0.4, 0.5) is 0 Å². The zero-order chi connectivity index (χ0) is 10.8. The van der Waals surface area contributed by atoms with Crippen molar-refractivity contribution in [1.82, 2.24) is 0 Å². The number of benzene rings is 1. The average molecular weight is 205 g/mol. The zero-order valence-corrected chi connectivity index (χ0v) is 8.16. The summed E-state index contributed by atoms with van der Waals surface area (Å²) in [5.41, 5.74) is 6.71. The van der Waals surface area contributed by atoms with Crippen molar-refractivity contribution in [2.45, 2.75) is 12.8 Å². The molecular weight excluding hydrogens is 194 g/mol. The first-order valence-electron chi connectivity index (χ1n) is 4.74. The molecule has 1 aromatic rings. The van der Waals surface area contributed by atoms with Crippen molar-refractivity contribution in [3.8, 4) is 5.75 Å². The van der Waals surface area contributed by atoms with Gasteiger partial charge in [0.1, 0.15) is 5.75 Å². The number of nitrogens with two attached hydrogens (primary N) is 1. The highest BCUT2D eigenvalue weighted by Crippen LogP contribution is 2.25. The average Bonchev–Trinajstić information content (AvgIpc) is 2.57. The fraction of sp³-hybridized carbons (Fsp3) is 0.273. The molecule has 0 aliphatic heterocycles.